The molecule has 25 heavy (non-hydrogen) atoms. The van der Waals surface area contributed by atoms with Gasteiger partial charge in [-0.25, -0.2) is 4.98 Å². The van der Waals surface area contributed by atoms with E-state index in [0.717, 1.165) is 29.9 Å². The largest absolute Gasteiger partial charge is 0.366 e. The van der Waals surface area contributed by atoms with E-state index in [0.29, 0.717) is 18.4 Å². The zero-order chi connectivity index (χ0) is 18.0. The molecule has 0 saturated heterocycles. The van der Waals surface area contributed by atoms with Crippen molar-refractivity contribution >= 4 is 17.5 Å². The van der Waals surface area contributed by atoms with Crippen LogP contribution in [0.3, 0.4) is 0 Å². The average molecular weight is 341 g/mol. The summed E-state index contributed by atoms with van der Waals surface area (Å²) < 4.78 is 0. The summed E-state index contributed by atoms with van der Waals surface area (Å²) in [5.74, 6) is 1.86. The molecular weight excluding hydrogens is 318 g/mol. The number of hydrogen-bond acceptors (Lipinski definition) is 6. The first kappa shape index (κ1) is 17.1. The van der Waals surface area contributed by atoms with E-state index in [2.05, 4.69) is 41.4 Å². The van der Waals surface area contributed by atoms with Crippen molar-refractivity contribution in [3.05, 3.63) is 51.7 Å². The van der Waals surface area contributed by atoms with Crippen molar-refractivity contribution in [1.82, 2.24) is 9.97 Å². The van der Waals surface area contributed by atoms with E-state index in [4.69, 9.17) is 0 Å². The molecule has 132 valence electrons. The lowest BCUT2D eigenvalue weighted by Crippen LogP contribution is -2.27. The van der Waals surface area contributed by atoms with Crippen LogP contribution >= 0.6 is 0 Å². The molecule has 1 aromatic heterocycles. The van der Waals surface area contributed by atoms with Crippen LogP contribution in [0, 0.1) is 10.1 Å². The van der Waals surface area contributed by atoms with Crippen LogP contribution < -0.4 is 10.6 Å². The molecule has 7 nitrogen and oxygen atoms in total. The van der Waals surface area contributed by atoms with Gasteiger partial charge in [0.25, 0.3) is 5.69 Å². The van der Waals surface area contributed by atoms with Crippen LogP contribution in [0.5, 0.6) is 0 Å². The Morgan fingerprint density at radius 2 is 2.00 bits per heavy atom. The summed E-state index contributed by atoms with van der Waals surface area (Å²) in [5.41, 5.74) is 1.85. The number of aromatic nitrogens is 2. The van der Waals surface area contributed by atoms with Gasteiger partial charge in [0.2, 0.25) is 5.95 Å². The summed E-state index contributed by atoms with van der Waals surface area (Å²) >= 11 is 0. The number of nitro groups is 1. The Bertz CT molecular complexity index is 781. The van der Waals surface area contributed by atoms with E-state index in [9.17, 15) is 10.1 Å². The highest BCUT2D eigenvalue weighted by Crippen LogP contribution is 2.40. The Balaban J connectivity index is 1.77. The fourth-order valence-corrected chi connectivity index (χ4v) is 2.51. The second-order valence-electron chi connectivity index (χ2n) is 7.43. The monoisotopic (exact) mass is 341 g/mol. The van der Waals surface area contributed by atoms with Gasteiger partial charge < -0.3 is 10.6 Å². The fourth-order valence-electron chi connectivity index (χ4n) is 2.51. The van der Waals surface area contributed by atoms with E-state index in [1.165, 1.54) is 6.07 Å². The zero-order valence-corrected chi connectivity index (χ0v) is 14.7. The number of nitrogens with one attached hydrogen (secondary N) is 2. The van der Waals surface area contributed by atoms with Crippen LogP contribution in [-0.2, 0) is 6.54 Å². The van der Waals surface area contributed by atoms with Crippen molar-refractivity contribution in [1.29, 1.82) is 0 Å². The van der Waals surface area contributed by atoms with Crippen molar-refractivity contribution in [3.63, 3.8) is 0 Å². The number of rotatable bonds is 6. The standard InChI is InChI=1S/C18H23N5O2/c1-18(2,3)22-17-20-15(13-7-8-13)10-16(21-17)19-11-12-5-4-6-14(9-12)23(24)25/h4-6,9-10,13H,7-8,11H2,1-3H3,(H2,19,20,21,22). The van der Waals surface area contributed by atoms with Gasteiger partial charge >= 0.3 is 0 Å². The van der Waals surface area contributed by atoms with Gasteiger partial charge in [-0.15, -0.1) is 0 Å². The first-order chi connectivity index (χ1) is 11.8. The minimum atomic E-state index is -0.384. The Labute approximate surface area is 147 Å². The van der Waals surface area contributed by atoms with Crippen molar-refractivity contribution in [2.75, 3.05) is 10.6 Å². The van der Waals surface area contributed by atoms with Gasteiger partial charge in [-0.05, 0) is 39.2 Å². The van der Waals surface area contributed by atoms with Gasteiger partial charge in [0.05, 0.1) is 10.6 Å². The third-order valence-corrected chi connectivity index (χ3v) is 3.82. The zero-order valence-electron chi connectivity index (χ0n) is 14.7. The summed E-state index contributed by atoms with van der Waals surface area (Å²) in [6.45, 7) is 6.67. The van der Waals surface area contributed by atoms with Crippen LogP contribution in [0.1, 0.15) is 50.8 Å². The quantitative estimate of drug-likeness (QED) is 0.607. The molecule has 2 aromatic rings. The highest BCUT2D eigenvalue weighted by molar-refractivity contribution is 5.46. The van der Waals surface area contributed by atoms with Gasteiger partial charge in [-0.3, -0.25) is 10.1 Å². The minimum Gasteiger partial charge on any atom is -0.366 e. The number of hydrogen-bond donors (Lipinski definition) is 2. The Kier molecular flexibility index (Phi) is 4.57. The molecule has 0 unspecified atom stereocenters. The van der Waals surface area contributed by atoms with Gasteiger partial charge in [0, 0.05) is 36.2 Å². The molecule has 7 heteroatoms. The molecule has 1 heterocycles. The van der Waals surface area contributed by atoms with E-state index in [-0.39, 0.29) is 16.1 Å². The third kappa shape index (κ3) is 4.89. The lowest BCUT2D eigenvalue weighted by atomic mass is 10.1. The summed E-state index contributed by atoms with van der Waals surface area (Å²) in [6, 6.07) is 8.59. The maximum Gasteiger partial charge on any atom is 0.269 e. The Hall–Kier alpha value is -2.70. The summed E-state index contributed by atoms with van der Waals surface area (Å²) in [7, 11) is 0. The maximum atomic E-state index is 10.9. The van der Waals surface area contributed by atoms with Gasteiger partial charge in [-0.2, -0.15) is 4.98 Å². The van der Waals surface area contributed by atoms with E-state index < -0.39 is 0 Å². The molecule has 0 radical (unpaired) electrons. The topological polar surface area (TPSA) is 93.0 Å². The second-order valence-corrected chi connectivity index (χ2v) is 7.43. The van der Waals surface area contributed by atoms with E-state index >= 15 is 0 Å². The van der Waals surface area contributed by atoms with Crippen molar-refractivity contribution in [2.45, 2.75) is 51.6 Å². The van der Waals surface area contributed by atoms with Gasteiger partial charge in [0.15, 0.2) is 0 Å². The van der Waals surface area contributed by atoms with Gasteiger partial charge in [0.1, 0.15) is 5.82 Å². The normalized spacial score (nSPS) is 14.2. The predicted molar refractivity (Wildman–Crippen MR) is 97.8 cm³/mol. The predicted octanol–water partition coefficient (Wildman–Crippen LogP) is 4.08. The first-order valence-corrected chi connectivity index (χ1v) is 8.44. The summed E-state index contributed by atoms with van der Waals surface area (Å²) in [5, 5.41) is 17.5. The van der Waals surface area contributed by atoms with E-state index in [1.807, 2.05) is 12.1 Å². The molecule has 1 saturated carbocycles. The number of nitro benzene ring substituents is 1. The highest BCUT2D eigenvalue weighted by atomic mass is 16.6. The van der Waals surface area contributed by atoms with Gasteiger partial charge in [-0.1, -0.05) is 12.1 Å². The number of non-ortho nitro benzene ring substituents is 1. The average Bonchev–Trinajstić information content (AvgIpc) is 3.36. The van der Waals surface area contributed by atoms with Crippen molar-refractivity contribution in [2.24, 2.45) is 0 Å². The smallest absolute Gasteiger partial charge is 0.269 e. The van der Waals surface area contributed by atoms with Crippen molar-refractivity contribution in [3.8, 4) is 0 Å². The van der Waals surface area contributed by atoms with Crippen LogP contribution in [0.2, 0.25) is 0 Å². The lowest BCUT2D eigenvalue weighted by molar-refractivity contribution is -0.384. The lowest BCUT2D eigenvalue weighted by Gasteiger charge is -2.21. The third-order valence-electron chi connectivity index (χ3n) is 3.82. The molecular formula is C18H23N5O2. The second kappa shape index (κ2) is 6.66. The molecule has 1 aromatic carbocycles. The Morgan fingerprint density at radius 3 is 2.64 bits per heavy atom. The van der Waals surface area contributed by atoms with Crippen LogP contribution in [0.15, 0.2) is 30.3 Å². The summed E-state index contributed by atoms with van der Waals surface area (Å²) in [6.07, 6.45) is 2.33. The van der Waals surface area contributed by atoms with Crippen LogP contribution in [0.25, 0.3) is 0 Å². The first-order valence-electron chi connectivity index (χ1n) is 8.44. The molecule has 0 amide bonds. The number of benzene rings is 1. The maximum absolute atomic E-state index is 10.9. The fraction of sp³-hybridized carbons (Fsp3) is 0.444. The molecule has 1 aliphatic carbocycles. The van der Waals surface area contributed by atoms with Crippen LogP contribution in [0.4, 0.5) is 17.5 Å². The molecule has 0 aliphatic heterocycles. The molecule has 3 rings (SSSR count). The SMILES string of the molecule is CC(C)(C)Nc1nc(NCc2cccc([N+](=O)[O-])c2)cc(C2CC2)n1. The molecule has 2 N–H and O–H groups in total. The van der Waals surface area contributed by atoms with Crippen molar-refractivity contribution < 1.29 is 4.92 Å². The molecule has 1 aliphatic rings. The molecule has 1 fully saturated rings. The molecule has 0 bridgehead atoms. The minimum absolute atomic E-state index is 0.0933. The molecule has 0 spiro atoms. The number of anilines is 2. The number of nitrogens with zero attached hydrogens (tertiary/aromatic N) is 3. The Morgan fingerprint density at radius 1 is 1.24 bits per heavy atom. The highest BCUT2D eigenvalue weighted by Gasteiger charge is 2.26. The van der Waals surface area contributed by atoms with Crippen LogP contribution in [-0.4, -0.2) is 20.4 Å². The molecule has 0 atom stereocenters. The van der Waals surface area contributed by atoms with E-state index in [1.54, 1.807) is 12.1 Å². The summed E-state index contributed by atoms with van der Waals surface area (Å²) in [4.78, 5) is 19.7.